The van der Waals surface area contributed by atoms with Crippen molar-refractivity contribution in [2.24, 2.45) is 10.6 Å². The average molecular weight is 287 g/mol. The Labute approximate surface area is 117 Å². The van der Waals surface area contributed by atoms with E-state index >= 15 is 0 Å². The number of carbonyl (C=O) groups is 1. The first-order chi connectivity index (χ1) is 9.14. The van der Waals surface area contributed by atoms with Gasteiger partial charge in [0, 0.05) is 0 Å². The molecule has 2 aliphatic heterocycles. The van der Waals surface area contributed by atoms with Gasteiger partial charge in [-0.15, -0.1) is 0 Å². The minimum absolute atomic E-state index is 0.0321. The second-order valence-corrected chi connectivity index (χ2v) is 6.42. The summed E-state index contributed by atoms with van der Waals surface area (Å²) in [5, 5.41) is 12.3. The van der Waals surface area contributed by atoms with Gasteiger partial charge in [-0.05, 0) is 34.6 Å². The van der Waals surface area contributed by atoms with Gasteiger partial charge in [0.2, 0.25) is 0 Å². The van der Waals surface area contributed by atoms with E-state index in [1.807, 2.05) is 0 Å². The second kappa shape index (κ2) is 4.98. The van der Waals surface area contributed by atoms with Crippen LogP contribution in [0, 0.1) is 5.41 Å². The molecule has 0 aromatic rings. The highest BCUT2D eigenvalue weighted by Gasteiger charge is 2.53. The topological polar surface area (TPSA) is 86.6 Å². The van der Waals surface area contributed by atoms with E-state index in [1.165, 1.54) is 0 Å². The first-order valence-electron chi connectivity index (χ1n) is 6.54. The largest absolute Gasteiger partial charge is 0.462 e. The fourth-order valence-electron chi connectivity index (χ4n) is 2.06. The third kappa shape index (κ3) is 2.94. The third-order valence-electron chi connectivity index (χ3n) is 3.07. The zero-order valence-electron chi connectivity index (χ0n) is 12.4. The lowest BCUT2D eigenvalue weighted by Gasteiger charge is -2.22. The molecule has 0 bridgehead atoms. The number of oxime groups is 1. The molecule has 2 saturated heterocycles. The summed E-state index contributed by atoms with van der Waals surface area (Å²) >= 11 is 0. The van der Waals surface area contributed by atoms with Gasteiger partial charge < -0.3 is 24.2 Å². The number of hydrogen-bond acceptors (Lipinski definition) is 7. The van der Waals surface area contributed by atoms with Crippen LogP contribution in [-0.2, 0) is 23.7 Å². The quantitative estimate of drug-likeness (QED) is 0.468. The molecule has 0 aromatic carbocycles. The molecule has 0 spiro atoms. The van der Waals surface area contributed by atoms with Gasteiger partial charge in [0.05, 0.1) is 5.41 Å². The van der Waals surface area contributed by atoms with Crippen molar-refractivity contribution < 1.29 is 28.9 Å². The molecule has 0 saturated carbocycles. The summed E-state index contributed by atoms with van der Waals surface area (Å²) in [6.45, 7) is 8.74. The number of hydrogen-bond donors (Lipinski definition) is 1. The van der Waals surface area contributed by atoms with Crippen LogP contribution in [0.2, 0.25) is 0 Å². The fraction of sp³-hybridized carbons (Fsp3) is 0.846. The van der Waals surface area contributed by atoms with Gasteiger partial charge in [0.15, 0.2) is 18.2 Å². The number of esters is 1. The summed E-state index contributed by atoms with van der Waals surface area (Å²) in [6, 6.07) is 0. The molecule has 3 atom stereocenters. The van der Waals surface area contributed by atoms with E-state index in [2.05, 4.69) is 5.16 Å². The van der Waals surface area contributed by atoms with Gasteiger partial charge in [0.25, 0.3) is 0 Å². The molecule has 0 aliphatic carbocycles. The molecule has 0 radical (unpaired) electrons. The lowest BCUT2D eigenvalue weighted by molar-refractivity contribution is -0.202. The maximum atomic E-state index is 11.7. The fourth-order valence-corrected chi connectivity index (χ4v) is 2.06. The highest BCUT2D eigenvalue weighted by Crippen LogP contribution is 2.36. The van der Waals surface area contributed by atoms with E-state index in [-0.39, 0.29) is 18.3 Å². The van der Waals surface area contributed by atoms with Crippen LogP contribution < -0.4 is 0 Å². The predicted molar refractivity (Wildman–Crippen MR) is 68.3 cm³/mol. The maximum absolute atomic E-state index is 11.7. The van der Waals surface area contributed by atoms with E-state index in [0.717, 1.165) is 0 Å². The summed E-state index contributed by atoms with van der Waals surface area (Å²) in [5.41, 5.74) is -0.317. The van der Waals surface area contributed by atoms with E-state index < -0.39 is 29.7 Å². The Hall–Kier alpha value is -1.18. The molecular formula is C13H21NO6. The number of carbonyl (C=O) groups excluding carboxylic acids is 1. The van der Waals surface area contributed by atoms with Gasteiger partial charge in [0.1, 0.15) is 18.4 Å². The first-order valence-corrected chi connectivity index (χ1v) is 6.54. The standard InChI is InChI=1S/C13H21NO6/c1-12(2,3)11(15)17-6-7-8(14-16)9-10(18-7)20-13(4,5)19-9/h7,9-10,16H,6H2,1-5H3/t7-,9-,10-/m1/s1. The summed E-state index contributed by atoms with van der Waals surface area (Å²) in [5.74, 6) is -1.14. The van der Waals surface area contributed by atoms with Crippen molar-refractivity contribution in [2.75, 3.05) is 6.61 Å². The second-order valence-electron chi connectivity index (χ2n) is 6.42. The molecule has 0 unspecified atom stereocenters. The number of fused-ring (bicyclic) bond motifs is 1. The highest BCUT2D eigenvalue weighted by molar-refractivity contribution is 5.95. The number of ether oxygens (including phenoxy) is 4. The molecule has 20 heavy (non-hydrogen) atoms. The first kappa shape index (κ1) is 15.2. The summed E-state index contributed by atoms with van der Waals surface area (Å²) in [6.07, 6.45) is -1.88. The van der Waals surface area contributed by atoms with Crippen molar-refractivity contribution in [2.45, 2.75) is 58.9 Å². The Morgan fingerprint density at radius 3 is 2.60 bits per heavy atom. The zero-order valence-corrected chi connectivity index (χ0v) is 12.4. The van der Waals surface area contributed by atoms with Gasteiger partial charge in [-0.3, -0.25) is 4.79 Å². The lowest BCUT2D eigenvalue weighted by Crippen LogP contribution is -2.35. The smallest absolute Gasteiger partial charge is 0.311 e. The van der Waals surface area contributed by atoms with Crippen LogP contribution in [0.3, 0.4) is 0 Å². The molecule has 1 N–H and O–H groups in total. The summed E-state index contributed by atoms with van der Waals surface area (Å²) < 4.78 is 21.9. The molecule has 2 heterocycles. The van der Waals surface area contributed by atoms with E-state index in [0.29, 0.717) is 0 Å². The number of nitrogens with zero attached hydrogens (tertiary/aromatic N) is 1. The maximum Gasteiger partial charge on any atom is 0.311 e. The average Bonchev–Trinajstić information content (AvgIpc) is 2.75. The lowest BCUT2D eigenvalue weighted by atomic mass is 9.97. The van der Waals surface area contributed by atoms with Gasteiger partial charge in [-0.1, -0.05) is 5.16 Å². The normalized spacial score (nSPS) is 34.2. The van der Waals surface area contributed by atoms with Crippen LogP contribution in [0.5, 0.6) is 0 Å². The molecule has 2 rings (SSSR count). The zero-order chi connectivity index (χ0) is 15.1. The van der Waals surface area contributed by atoms with Crippen molar-refractivity contribution in [1.29, 1.82) is 0 Å². The Morgan fingerprint density at radius 1 is 1.40 bits per heavy atom. The summed E-state index contributed by atoms with van der Waals surface area (Å²) in [4.78, 5) is 11.7. The van der Waals surface area contributed by atoms with Crippen LogP contribution >= 0.6 is 0 Å². The Balaban J connectivity index is 1.97. The molecule has 0 amide bonds. The Bertz CT molecular complexity index is 425. The van der Waals surface area contributed by atoms with Gasteiger partial charge >= 0.3 is 5.97 Å². The van der Waals surface area contributed by atoms with Crippen molar-refractivity contribution in [3.8, 4) is 0 Å². The monoisotopic (exact) mass is 287 g/mol. The van der Waals surface area contributed by atoms with Crippen molar-refractivity contribution >= 4 is 11.7 Å². The minimum atomic E-state index is -0.793. The van der Waals surface area contributed by atoms with E-state index in [1.54, 1.807) is 34.6 Å². The van der Waals surface area contributed by atoms with Gasteiger partial charge in [-0.2, -0.15) is 0 Å². The van der Waals surface area contributed by atoms with Crippen molar-refractivity contribution in [3.63, 3.8) is 0 Å². The predicted octanol–water partition coefficient (Wildman–Crippen LogP) is 1.28. The Kier molecular flexibility index (Phi) is 3.79. The van der Waals surface area contributed by atoms with Crippen LogP contribution in [0.4, 0.5) is 0 Å². The van der Waals surface area contributed by atoms with Crippen LogP contribution in [-0.4, -0.2) is 47.8 Å². The molecule has 7 nitrogen and oxygen atoms in total. The SMILES string of the molecule is CC1(C)O[C@H]2O[C@H](COC(=O)C(C)(C)C)C(=NO)[C@H]2O1. The van der Waals surface area contributed by atoms with E-state index in [9.17, 15) is 4.79 Å². The van der Waals surface area contributed by atoms with Crippen LogP contribution in [0.25, 0.3) is 0 Å². The Morgan fingerprint density at radius 2 is 2.05 bits per heavy atom. The highest BCUT2D eigenvalue weighted by atomic mass is 16.8. The van der Waals surface area contributed by atoms with Crippen LogP contribution in [0.15, 0.2) is 5.16 Å². The minimum Gasteiger partial charge on any atom is -0.462 e. The molecule has 2 aliphatic rings. The van der Waals surface area contributed by atoms with Crippen LogP contribution in [0.1, 0.15) is 34.6 Å². The molecule has 2 fully saturated rings. The van der Waals surface area contributed by atoms with E-state index in [4.69, 9.17) is 24.2 Å². The number of rotatable bonds is 2. The molecule has 114 valence electrons. The third-order valence-corrected chi connectivity index (χ3v) is 3.07. The van der Waals surface area contributed by atoms with Crippen molar-refractivity contribution in [1.82, 2.24) is 0 Å². The molecule has 7 heteroatoms. The summed E-state index contributed by atoms with van der Waals surface area (Å²) in [7, 11) is 0. The molecule has 0 aromatic heterocycles. The van der Waals surface area contributed by atoms with Gasteiger partial charge in [-0.25, -0.2) is 0 Å². The molecular weight excluding hydrogens is 266 g/mol. The van der Waals surface area contributed by atoms with Crippen molar-refractivity contribution in [3.05, 3.63) is 0 Å².